The molecule has 0 aliphatic carbocycles. The van der Waals surface area contributed by atoms with Gasteiger partial charge >= 0.3 is 0 Å². The first-order valence-electron chi connectivity index (χ1n) is 9.19. The fourth-order valence-electron chi connectivity index (χ4n) is 3.22. The van der Waals surface area contributed by atoms with Crippen molar-refractivity contribution in [1.29, 1.82) is 0 Å². The first kappa shape index (κ1) is 18.9. The second-order valence-corrected chi connectivity index (χ2v) is 6.62. The summed E-state index contributed by atoms with van der Waals surface area (Å²) in [5.41, 5.74) is 1.46. The number of rotatable bonds is 3. The topological polar surface area (TPSA) is 89.3 Å². The molecular weight excluding hydrogens is 377 g/mol. The van der Waals surface area contributed by atoms with Crippen LogP contribution in [-0.2, 0) is 4.84 Å². The summed E-state index contributed by atoms with van der Waals surface area (Å²) in [5, 5.41) is 9.78. The van der Waals surface area contributed by atoms with E-state index >= 15 is 0 Å². The lowest BCUT2D eigenvalue weighted by Gasteiger charge is -2.22. The lowest BCUT2D eigenvalue weighted by Crippen LogP contribution is -2.36. The van der Waals surface area contributed by atoms with Crippen molar-refractivity contribution in [3.05, 3.63) is 59.6 Å². The molecule has 0 atom stereocenters. The third-order valence-corrected chi connectivity index (χ3v) is 4.50. The summed E-state index contributed by atoms with van der Waals surface area (Å²) < 4.78 is 13.9. The second kappa shape index (κ2) is 7.92. The molecule has 10 heteroatoms. The van der Waals surface area contributed by atoms with Crippen LogP contribution in [0.25, 0.3) is 5.69 Å². The lowest BCUT2D eigenvalue weighted by atomic mass is 10.1. The van der Waals surface area contributed by atoms with Gasteiger partial charge in [0, 0.05) is 24.8 Å². The van der Waals surface area contributed by atoms with Gasteiger partial charge in [0.05, 0.1) is 36.8 Å². The molecule has 150 valence electrons. The largest absolute Gasteiger partial charge is 0.334 e. The summed E-state index contributed by atoms with van der Waals surface area (Å²) in [5.74, 6) is 0.495. The van der Waals surface area contributed by atoms with Crippen LogP contribution in [0.15, 0.2) is 36.7 Å². The number of halogens is 1. The highest BCUT2D eigenvalue weighted by Gasteiger charge is 2.25. The van der Waals surface area contributed by atoms with E-state index in [4.69, 9.17) is 4.84 Å². The van der Waals surface area contributed by atoms with E-state index in [1.807, 2.05) is 19.9 Å². The Morgan fingerprint density at radius 2 is 1.86 bits per heavy atom. The maximum absolute atomic E-state index is 13.9. The Bertz CT molecular complexity index is 1010. The van der Waals surface area contributed by atoms with E-state index in [2.05, 4.69) is 20.2 Å². The van der Waals surface area contributed by atoms with Gasteiger partial charge in [-0.2, -0.15) is 15.0 Å². The highest BCUT2D eigenvalue weighted by Crippen LogP contribution is 2.19. The van der Waals surface area contributed by atoms with E-state index in [9.17, 15) is 9.18 Å². The van der Waals surface area contributed by atoms with E-state index in [1.165, 1.54) is 35.4 Å². The quantitative estimate of drug-likeness (QED) is 0.665. The molecule has 1 aromatic carbocycles. The number of hydrogen-bond donors (Lipinski definition) is 0. The number of anilines is 1. The van der Waals surface area contributed by atoms with Gasteiger partial charge in [-0.1, -0.05) is 0 Å². The Hall–Kier alpha value is -3.40. The molecule has 2 aromatic heterocycles. The van der Waals surface area contributed by atoms with Crippen molar-refractivity contribution in [3.8, 4) is 5.69 Å². The number of carbonyl (C=O) groups excluding carboxylic acids is 1. The molecule has 0 N–H and O–H groups in total. The van der Waals surface area contributed by atoms with Gasteiger partial charge in [-0.05, 0) is 32.0 Å². The number of aromatic nitrogens is 5. The predicted octanol–water partition coefficient (Wildman–Crippen LogP) is 1.71. The van der Waals surface area contributed by atoms with Crippen LogP contribution in [0.5, 0.6) is 0 Å². The van der Waals surface area contributed by atoms with Crippen LogP contribution in [0.3, 0.4) is 0 Å². The average Bonchev–Trinajstić information content (AvgIpc) is 3.10. The average molecular weight is 397 g/mol. The number of hydroxylamine groups is 1. The molecule has 0 unspecified atom stereocenters. The molecule has 1 aliphatic heterocycles. The minimum Gasteiger partial charge on any atom is -0.334 e. The molecule has 4 rings (SSSR count). The summed E-state index contributed by atoms with van der Waals surface area (Å²) in [7, 11) is 0. The molecule has 3 aromatic rings. The van der Waals surface area contributed by atoms with Gasteiger partial charge in [0.15, 0.2) is 5.82 Å². The molecular formula is C19H20FN7O2. The van der Waals surface area contributed by atoms with Gasteiger partial charge in [0.25, 0.3) is 5.91 Å². The standard InChI is InChI=1S/C19H20FN7O2/c1-13-11-18(24-14(2)23-13)26-8-7-25(9-10-29-26)19(28)16-12-15(20)3-4-17(16)27-21-5-6-22-27/h3-6,11-12H,7-10H2,1-2H3. The molecule has 0 spiro atoms. The van der Waals surface area contributed by atoms with Gasteiger partial charge in [-0.25, -0.2) is 19.4 Å². The minimum atomic E-state index is -0.496. The zero-order valence-electron chi connectivity index (χ0n) is 16.1. The maximum Gasteiger partial charge on any atom is 0.256 e. The molecule has 1 fully saturated rings. The van der Waals surface area contributed by atoms with Gasteiger partial charge in [0.2, 0.25) is 0 Å². The fourth-order valence-corrected chi connectivity index (χ4v) is 3.22. The van der Waals surface area contributed by atoms with Crippen molar-refractivity contribution in [1.82, 2.24) is 29.9 Å². The number of aryl methyl sites for hydroxylation is 2. The summed E-state index contributed by atoms with van der Waals surface area (Å²) in [4.78, 5) is 30.6. The molecule has 0 saturated carbocycles. The number of nitrogens with zero attached hydrogens (tertiary/aromatic N) is 7. The van der Waals surface area contributed by atoms with Gasteiger partial charge < -0.3 is 4.90 Å². The third kappa shape index (κ3) is 4.06. The van der Waals surface area contributed by atoms with Crippen LogP contribution in [-0.4, -0.2) is 62.0 Å². The van der Waals surface area contributed by atoms with Crippen LogP contribution in [0.2, 0.25) is 0 Å². The van der Waals surface area contributed by atoms with Gasteiger partial charge in [-0.3, -0.25) is 9.63 Å². The molecule has 0 bridgehead atoms. The van der Waals surface area contributed by atoms with Crippen molar-refractivity contribution in [2.45, 2.75) is 13.8 Å². The fraction of sp³-hybridized carbons (Fsp3) is 0.316. The SMILES string of the molecule is Cc1cc(N2CCN(C(=O)c3cc(F)ccc3-n3nccn3)CCO2)nc(C)n1. The van der Waals surface area contributed by atoms with Crippen molar-refractivity contribution < 1.29 is 14.0 Å². The normalized spacial score (nSPS) is 14.7. The molecule has 1 amide bonds. The third-order valence-electron chi connectivity index (χ3n) is 4.50. The molecule has 29 heavy (non-hydrogen) atoms. The zero-order valence-corrected chi connectivity index (χ0v) is 16.1. The number of benzene rings is 1. The Kier molecular flexibility index (Phi) is 5.17. The van der Waals surface area contributed by atoms with Gasteiger partial charge in [-0.15, -0.1) is 0 Å². The Balaban J connectivity index is 1.56. The summed E-state index contributed by atoms with van der Waals surface area (Å²) in [6, 6.07) is 5.82. The van der Waals surface area contributed by atoms with E-state index in [0.717, 1.165) is 5.69 Å². The maximum atomic E-state index is 13.9. The molecule has 9 nitrogen and oxygen atoms in total. The smallest absolute Gasteiger partial charge is 0.256 e. The lowest BCUT2D eigenvalue weighted by molar-refractivity contribution is 0.0729. The van der Waals surface area contributed by atoms with Gasteiger partial charge in [0.1, 0.15) is 11.6 Å². The molecule has 0 radical (unpaired) electrons. The first-order chi connectivity index (χ1) is 14.0. The summed E-state index contributed by atoms with van der Waals surface area (Å²) in [6.45, 7) is 5.18. The van der Waals surface area contributed by atoms with Crippen molar-refractivity contribution >= 4 is 11.7 Å². The second-order valence-electron chi connectivity index (χ2n) is 6.62. The molecule has 1 aliphatic rings. The van der Waals surface area contributed by atoms with E-state index < -0.39 is 5.82 Å². The van der Waals surface area contributed by atoms with Crippen LogP contribution < -0.4 is 5.06 Å². The molecule has 1 saturated heterocycles. The summed E-state index contributed by atoms with van der Waals surface area (Å²) >= 11 is 0. The Morgan fingerprint density at radius 1 is 1.07 bits per heavy atom. The first-order valence-corrected chi connectivity index (χ1v) is 9.19. The van der Waals surface area contributed by atoms with Crippen LogP contribution in [0.4, 0.5) is 10.2 Å². The van der Waals surface area contributed by atoms with Crippen LogP contribution in [0, 0.1) is 19.7 Å². The van der Waals surface area contributed by atoms with E-state index in [-0.39, 0.29) is 11.5 Å². The highest BCUT2D eigenvalue weighted by molar-refractivity contribution is 5.97. The Morgan fingerprint density at radius 3 is 2.62 bits per heavy atom. The van der Waals surface area contributed by atoms with Crippen molar-refractivity contribution in [2.24, 2.45) is 0 Å². The highest BCUT2D eigenvalue weighted by atomic mass is 19.1. The number of hydrogen-bond acceptors (Lipinski definition) is 7. The monoisotopic (exact) mass is 397 g/mol. The van der Waals surface area contributed by atoms with E-state index in [1.54, 1.807) is 9.96 Å². The van der Waals surface area contributed by atoms with Crippen molar-refractivity contribution in [3.63, 3.8) is 0 Å². The summed E-state index contributed by atoms with van der Waals surface area (Å²) in [6.07, 6.45) is 3.00. The van der Waals surface area contributed by atoms with Crippen LogP contribution in [0.1, 0.15) is 21.9 Å². The van der Waals surface area contributed by atoms with Crippen LogP contribution >= 0.6 is 0 Å². The predicted molar refractivity (Wildman–Crippen MR) is 102 cm³/mol. The zero-order chi connectivity index (χ0) is 20.4. The number of carbonyl (C=O) groups is 1. The molecule has 3 heterocycles. The van der Waals surface area contributed by atoms with E-state index in [0.29, 0.717) is 43.6 Å². The number of amides is 1. The Labute approximate surface area is 166 Å². The van der Waals surface area contributed by atoms with Crippen molar-refractivity contribution in [2.75, 3.05) is 31.3 Å². The minimum absolute atomic E-state index is 0.198.